The van der Waals surface area contributed by atoms with Crippen molar-refractivity contribution in [1.29, 1.82) is 0 Å². The minimum atomic E-state index is -0.446. The van der Waals surface area contributed by atoms with Crippen molar-refractivity contribution in [2.45, 2.75) is 48.5 Å². The van der Waals surface area contributed by atoms with Crippen molar-refractivity contribution < 1.29 is 14.3 Å². The van der Waals surface area contributed by atoms with Gasteiger partial charge in [-0.3, -0.25) is 4.79 Å². The Morgan fingerprint density at radius 3 is 2.32 bits per heavy atom. The van der Waals surface area contributed by atoms with Crippen LogP contribution >= 0.6 is 0 Å². The van der Waals surface area contributed by atoms with Crippen molar-refractivity contribution in [1.82, 2.24) is 9.47 Å². The number of esters is 1. The molecule has 1 aliphatic rings. The molecule has 1 aromatic heterocycles. The van der Waals surface area contributed by atoms with Gasteiger partial charge in [-0.25, -0.2) is 4.79 Å². The summed E-state index contributed by atoms with van der Waals surface area (Å²) in [5.41, 5.74) is 6.71. The van der Waals surface area contributed by atoms with Crippen LogP contribution in [0.25, 0.3) is 11.8 Å². The van der Waals surface area contributed by atoms with Crippen molar-refractivity contribution >= 4 is 18.0 Å². The van der Waals surface area contributed by atoms with Crippen LogP contribution in [0.15, 0.2) is 47.2 Å². The highest BCUT2D eigenvalue weighted by atomic mass is 16.5. The maximum atomic E-state index is 13.3. The van der Waals surface area contributed by atoms with Crippen LogP contribution in [0, 0.1) is 26.7 Å². The molecule has 1 aromatic carbocycles. The third-order valence-electron chi connectivity index (χ3n) is 5.60. The molecule has 0 radical (unpaired) electrons. The summed E-state index contributed by atoms with van der Waals surface area (Å²) < 4.78 is 7.45. The van der Waals surface area contributed by atoms with Crippen LogP contribution in [0.4, 0.5) is 0 Å². The molecule has 3 rings (SSSR count). The average Bonchev–Trinajstić information content (AvgIpc) is 3.10. The Morgan fingerprint density at radius 2 is 1.74 bits per heavy atom. The van der Waals surface area contributed by atoms with Gasteiger partial charge in [-0.2, -0.15) is 0 Å². The maximum absolute atomic E-state index is 13.3. The van der Waals surface area contributed by atoms with E-state index < -0.39 is 5.97 Å². The van der Waals surface area contributed by atoms with E-state index in [1.54, 1.807) is 11.8 Å². The summed E-state index contributed by atoms with van der Waals surface area (Å²) in [5, 5.41) is 0. The third kappa shape index (κ3) is 4.36. The molecule has 1 amide bonds. The number of carbonyl (C=O) groups excluding carboxylic acids is 2. The Labute approximate surface area is 185 Å². The van der Waals surface area contributed by atoms with Gasteiger partial charge in [0.1, 0.15) is 0 Å². The fourth-order valence-electron chi connectivity index (χ4n) is 4.09. The van der Waals surface area contributed by atoms with Gasteiger partial charge in [0.2, 0.25) is 0 Å². The predicted molar refractivity (Wildman–Crippen MR) is 124 cm³/mol. The number of carbonyl (C=O) groups is 2. The van der Waals surface area contributed by atoms with Crippen LogP contribution in [-0.4, -0.2) is 34.5 Å². The Morgan fingerprint density at radius 1 is 1.10 bits per heavy atom. The summed E-state index contributed by atoms with van der Waals surface area (Å²) in [7, 11) is 0. The normalized spacial score (nSPS) is 15.5. The second-order valence-corrected chi connectivity index (χ2v) is 8.55. The zero-order valence-electron chi connectivity index (χ0n) is 19.6. The Hall–Kier alpha value is -3.08. The number of aryl methyl sites for hydroxylation is 2. The van der Waals surface area contributed by atoms with E-state index in [1.165, 1.54) is 5.56 Å². The van der Waals surface area contributed by atoms with Gasteiger partial charge in [0.15, 0.2) is 0 Å². The zero-order valence-corrected chi connectivity index (χ0v) is 19.6. The van der Waals surface area contributed by atoms with Crippen molar-refractivity contribution in [3.63, 3.8) is 0 Å². The van der Waals surface area contributed by atoms with Crippen LogP contribution in [0.1, 0.15) is 50.2 Å². The fourth-order valence-corrected chi connectivity index (χ4v) is 4.09. The molecule has 31 heavy (non-hydrogen) atoms. The van der Waals surface area contributed by atoms with E-state index in [1.807, 2.05) is 26.8 Å². The molecule has 2 aromatic rings. The molecule has 1 aliphatic heterocycles. The Bertz CT molecular complexity index is 1070. The summed E-state index contributed by atoms with van der Waals surface area (Å²) in [6, 6.07) is 10.4. The topological polar surface area (TPSA) is 51.5 Å². The molecule has 0 N–H and O–H groups in total. The average molecular weight is 421 g/mol. The second-order valence-electron chi connectivity index (χ2n) is 8.55. The minimum Gasteiger partial charge on any atom is -0.462 e. The number of amides is 1. The van der Waals surface area contributed by atoms with Crippen molar-refractivity contribution in [3.8, 4) is 5.69 Å². The van der Waals surface area contributed by atoms with E-state index in [-0.39, 0.29) is 18.4 Å². The predicted octanol–water partition coefficient (Wildman–Crippen LogP) is 5.12. The zero-order chi connectivity index (χ0) is 22.9. The molecule has 0 spiro atoms. The smallest absolute Gasteiger partial charge is 0.340 e. The van der Waals surface area contributed by atoms with E-state index in [0.717, 1.165) is 22.6 Å². The number of hydrogen-bond donors (Lipinski definition) is 0. The van der Waals surface area contributed by atoms with Gasteiger partial charge >= 0.3 is 5.97 Å². The summed E-state index contributed by atoms with van der Waals surface area (Å²) in [6.45, 7) is 14.7. The number of aromatic nitrogens is 1. The molecule has 0 unspecified atom stereocenters. The molecule has 164 valence electrons. The highest BCUT2D eigenvalue weighted by Crippen LogP contribution is 2.33. The number of hydrogen-bond acceptors (Lipinski definition) is 3. The van der Waals surface area contributed by atoms with Gasteiger partial charge in [-0.1, -0.05) is 31.5 Å². The minimum absolute atomic E-state index is 0.144. The molecule has 5 heteroatoms. The molecule has 5 nitrogen and oxygen atoms in total. The number of ether oxygens (including phenoxy) is 1. The maximum Gasteiger partial charge on any atom is 0.340 e. The monoisotopic (exact) mass is 420 g/mol. The third-order valence-corrected chi connectivity index (χ3v) is 5.60. The lowest BCUT2D eigenvalue weighted by Gasteiger charge is -2.19. The lowest BCUT2D eigenvalue weighted by atomic mass is 10.0. The highest BCUT2D eigenvalue weighted by molar-refractivity contribution is 6.16. The summed E-state index contributed by atoms with van der Waals surface area (Å²) >= 11 is 0. The molecule has 0 saturated carbocycles. The fraction of sp³-hybridized carbons (Fsp3) is 0.385. The van der Waals surface area contributed by atoms with Gasteiger partial charge < -0.3 is 14.2 Å². The van der Waals surface area contributed by atoms with E-state index in [9.17, 15) is 9.59 Å². The molecule has 2 heterocycles. The molecule has 0 saturated heterocycles. The standard InChI is InChI=1S/C26H32N2O3/c1-8-31-26(30)24-20(7)27(15-16(2)3)25(29)23(24)14-21-13-18(5)28(19(21)6)22-11-9-17(4)10-12-22/h9-14,16H,8,15H2,1-7H3/b23-14-. The van der Waals surface area contributed by atoms with Crippen molar-refractivity contribution in [2.24, 2.45) is 5.92 Å². The summed E-state index contributed by atoms with van der Waals surface area (Å²) in [5.74, 6) is -0.305. The highest BCUT2D eigenvalue weighted by Gasteiger charge is 2.37. The first-order valence-electron chi connectivity index (χ1n) is 10.8. The van der Waals surface area contributed by atoms with Crippen LogP contribution in [0.3, 0.4) is 0 Å². The van der Waals surface area contributed by atoms with Gasteiger partial charge in [-0.15, -0.1) is 0 Å². The van der Waals surface area contributed by atoms with Gasteiger partial charge in [-0.05, 0) is 70.4 Å². The van der Waals surface area contributed by atoms with E-state index in [0.29, 0.717) is 23.4 Å². The number of nitrogens with zero attached hydrogens (tertiary/aromatic N) is 2. The summed E-state index contributed by atoms with van der Waals surface area (Å²) in [6.07, 6.45) is 1.84. The lowest BCUT2D eigenvalue weighted by molar-refractivity contribution is -0.138. The molecule has 0 aliphatic carbocycles. The van der Waals surface area contributed by atoms with Crippen LogP contribution in [0.5, 0.6) is 0 Å². The quantitative estimate of drug-likeness (QED) is 0.481. The van der Waals surface area contributed by atoms with Crippen molar-refractivity contribution in [2.75, 3.05) is 13.2 Å². The van der Waals surface area contributed by atoms with Crippen LogP contribution in [-0.2, 0) is 14.3 Å². The second kappa shape index (κ2) is 8.96. The van der Waals surface area contributed by atoms with Gasteiger partial charge in [0.05, 0.1) is 17.8 Å². The number of rotatable bonds is 6. The first kappa shape index (κ1) is 22.6. The largest absolute Gasteiger partial charge is 0.462 e. The van der Waals surface area contributed by atoms with E-state index in [2.05, 4.69) is 55.7 Å². The molecule has 0 atom stereocenters. The number of benzene rings is 1. The molecule has 0 bridgehead atoms. The lowest BCUT2D eigenvalue weighted by Crippen LogP contribution is -2.28. The molecular formula is C26H32N2O3. The van der Waals surface area contributed by atoms with Gasteiger partial charge in [0, 0.05) is 29.3 Å². The molecular weight excluding hydrogens is 388 g/mol. The van der Waals surface area contributed by atoms with Crippen LogP contribution < -0.4 is 0 Å². The first-order chi connectivity index (χ1) is 14.6. The number of allylic oxidation sites excluding steroid dienone is 1. The van der Waals surface area contributed by atoms with E-state index >= 15 is 0 Å². The Kier molecular flexibility index (Phi) is 6.54. The molecule has 0 fully saturated rings. The SMILES string of the molecule is CCOC(=O)C1=C(C)N(CC(C)C)C(=O)/C1=C\c1cc(C)n(-c2ccc(C)cc2)c1C. The Balaban J connectivity index is 2.10. The van der Waals surface area contributed by atoms with Crippen molar-refractivity contribution in [3.05, 3.63) is 69.7 Å². The van der Waals surface area contributed by atoms with Crippen LogP contribution in [0.2, 0.25) is 0 Å². The first-order valence-corrected chi connectivity index (χ1v) is 10.8. The van der Waals surface area contributed by atoms with E-state index in [4.69, 9.17) is 4.74 Å². The summed E-state index contributed by atoms with van der Waals surface area (Å²) in [4.78, 5) is 27.7. The van der Waals surface area contributed by atoms with Gasteiger partial charge in [0.25, 0.3) is 5.91 Å².